The second-order valence-electron chi connectivity index (χ2n) is 5.31. The lowest BCUT2D eigenvalue weighted by molar-refractivity contribution is 0.392. The number of hydrogen-bond donors (Lipinski definition) is 1. The summed E-state index contributed by atoms with van der Waals surface area (Å²) in [4.78, 5) is 0. The van der Waals surface area contributed by atoms with Gasteiger partial charge in [0.15, 0.2) is 0 Å². The van der Waals surface area contributed by atoms with Gasteiger partial charge in [-0.15, -0.1) is 0 Å². The van der Waals surface area contributed by atoms with Crippen LogP contribution in [-0.4, -0.2) is 13.2 Å². The van der Waals surface area contributed by atoms with Crippen molar-refractivity contribution in [1.29, 1.82) is 0 Å². The number of ether oxygens (including phenoxy) is 1. The fourth-order valence-electron chi connectivity index (χ4n) is 2.91. The van der Waals surface area contributed by atoms with Crippen LogP contribution in [0, 0.1) is 5.92 Å². The lowest BCUT2D eigenvalue weighted by Crippen LogP contribution is -2.22. The second-order valence-corrected chi connectivity index (χ2v) is 5.74. The Morgan fingerprint density at radius 3 is 2.89 bits per heavy atom. The zero-order valence-corrected chi connectivity index (χ0v) is 11.7. The van der Waals surface area contributed by atoms with E-state index in [0.717, 1.165) is 23.6 Å². The van der Waals surface area contributed by atoms with E-state index in [1.807, 2.05) is 18.2 Å². The summed E-state index contributed by atoms with van der Waals surface area (Å²) in [6, 6.07) is 6.22. The molecule has 0 heterocycles. The lowest BCUT2D eigenvalue weighted by Gasteiger charge is -2.18. The van der Waals surface area contributed by atoms with E-state index in [0.29, 0.717) is 12.0 Å². The molecule has 2 rings (SSSR count). The van der Waals surface area contributed by atoms with E-state index in [1.54, 1.807) is 7.11 Å². The molecule has 0 bridgehead atoms. The first-order valence-electron chi connectivity index (χ1n) is 6.77. The first-order chi connectivity index (χ1) is 8.69. The highest BCUT2D eigenvalue weighted by Crippen LogP contribution is 2.30. The zero-order chi connectivity index (χ0) is 13.0. The molecule has 2 N–H and O–H groups in total. The van der Waals surface area contributed by atoms with Crippen LogP contribution in [0.15, 0.2) is 18.2 Å². The molecule has 2 nitrogen and oxygen atoms in total. The predicted molar refractivity (Wildman–Crippen MR) is 76.3 cm³/mol. The molecular formula is C15H22ClNO. The summed E-state index contributed by atoms with van der Waals surface area (Å²) in [7, 11) is 1.71. The van der Waals surface area contributed by atoms with Crippen LogP contribution in [0.4, 0.5) is 0 Å². The van der Waals surface area contributed by atoms with Crippen LogP contribution in [0.3, 0.4) is 0 Å². The van der Waals surface area contributed by atoms with Gasteiger partial charge in [-0.1, -0.05) is 30.9 Å². The maximum atomic E-state index is 6.12. The Labute approximate surface area is 114 Å². The largest absolute Gasteiger partial charge is 0.496 e. The number of nitrogens with two attached hydrogens (primary N) is 1. The van der Waals surface area contributed by atoms with Gasteiger partial charge in [-0.3, -0.25) is 0 Å². The summed E-state index contributed by atoms with van der Waals surface area (Å²) in [6.45, 7) is 0. The molecule has 0 radical (unpaired) electrons. The van der Waals surface area contributed by atoms with Crippen molar-refractivity contribution in [3.8, 4) is 5.75 Å². The van der Waals surface area contributed by atoms with Crippen molar-refractivity contribution in [2.45, 2.75) is 44.6 Å². The van der Waals surface area contributed by atoms with E-state index < -0.39 is 0 Å². The minimum atomic E-state index is 0.364. The number of hydrogen-bond acceptors (Lipinski definition) is 2. The third-order valence-corrected chi connectivity index (χ3v) is 4.06. The van der Waals surface area contributed by atoms with E-state index in [1.165, 1.54) is 31.2 Å². The highest BCUT2D eigenvalue weighted by Gasteiger charge is 2.19. The Morgan fingerprint density at radius 1 is 1.33 bits per heavy atom. The minimum absolute atomic E-state index is 0.364. The van der Waals surface area contributed by atoms with Crippen LogP contribution >= 0.6 is 11.6 Å². The van der Waals surface area contributed by atoms with Gasteiger partial charge in [0, 0.05) is 11.1 Å². The molecule has 1 aromatic rings. The fraction of sp³-hybridized carbons (Fsp3) is 0.600. The molecule has 0 saturated heterocycles. The molecule has 1 fully saturated rings. The number of methoxy groups -OCH3 is 1. The van der Waals surface area contributed by atoms with Gasteiger partial charge in [0.25, 0.3) is 0 Å². The molecule has 2 atom stereocenters. The molecule has 3 heteroatoms. The summed E-state index contributed by atoms with van der Waals surface area (Å²) in [6.07, 6.45) is 7.14. The van der Waals surface area contributed by atoms with Crippen molar-refractivity contribution in [2.24, 2.45) is 11.7 Å². The van der Waals surface area contributed by atoms with Gasteiger partial charge in [-0.25, -0.2) is 0 Å². The Bertz CT molecular complexity index is 394. The average molecular weight is 268 g/mol. The van der Waals surface area contributed by atoms with Crippen LogP contribution in [0.25, 0.3) is 0 Å². The van der Waals surface area contributed by atoms with Crippen LogP contribution < -0.4 is 10.5 Å². The molecule has 18 heavy (non-hydrogen) atoms. The third kappa shape index (κ3) is 3.63. The molecule has 1 aliphatic carbocycles. The van der Waals surface area contributed by atoms with E-state index >= 15 is 0 Å². The van der Waals surface area contributed by atoms with E-state index in [2.05, 4.69) is 0 Å². The smallest absolute Gasteiger partial charge is 0.122 e. The Hall–Kier alpha value is -0.730. The van der Waals surface area contributed by atoms with Gasteiger partial charge in [-0.05, 0) is 48.9 Å². The quantitative estimate of drug-likeness (QED) is 0.846. The third-order valence-electron chi connectivity index (χ3n) is 3.82. The van der Waals surface area contributed by atoms with Crippen molar-refractivity contribution < 1.29 is 4.74 Å². The van der Waals surface area contributed by atoms with Crippen LogP contribution in [-0.2, 0) is 6.42 Å². The van der Waals surface area contributed by atoms with Gasteiger partial charge in [0.2, 0.25) is 0 Å². The molecule has 1 saturated carbocycles. The molecular weight excluding hydrogens is 246 g/mol. The lowest BCUT2D eigenvalue weighted by atomic mass is 9.91. The molecule has 100 valence electrons. The van der Waals surface area contributed by atoms with Gasteiger partial charge in [0.05, 0.1) is 7.11 Å². The van der Waals surface area contributed by atoms with Crippen molar-refractivity contribution in [1.82, 2.24) is 0 Å². The van der Waals surface area contributed by atoms with Crippen LogP contribution in [0.5, 0.6) is 5.75 Å². The van der Waals surface area contributed by atoms with Crippen molar-refractivity contribution in [3.63, 3.8) is 0 Å². The highest BCUT2D eigenvalue weighted by atomic mass is 35.5. The van der Waals surface area contributed by atoms with E-state index in [4.69, 9.17) is 22.1 Å². The summed E-state index contributed by atoms with van der Waals surface area (Å²) in [5.74, 6) is 1.60. The summed E-state index contributed by atoms with van der Waals surface area (Å²) >= 11 is 6.07. The van der Waals surface area contributed by atoms with Gasteiger partial charge in [-0.2, -0.15) is 0 Å². The molecule has 0 spiro atoms. The highest BCUT2D eigenvalue weighted by molar-refractivity contribution is 6.30. The standard InChI is InChI=1S/C15H22ClNO/c1-18-15-7-6-13(16)10-12(15)8-11-4-2-3-5-14(17)9-11/h6-7,10-11,14H,2-5,8-9,17H2,1H3. The molecule has 1 aromatic carbocycles. The van der Waals surface area contributed by atoms with E-state index in [9.17, 15) is 0 Å². The Morgan fingerprint density at radius 2 is 2.11 bits per heavy atom. The maximum absolute atomic E-state index is 6.12. The average Bonchev–Trinajstić information content (AvgIpc) is 2.54. The first-order valence-corrected chi connectivity index (χ1v) is 7.15. The van der Waals surface area contributed by atoms with Crippen molar-refractivity contribution in [2.75, 3.05) is 7.11 Å². The number of benzene rings is 1. The van der Waals surface area contributed by atoms with Crippen LogP contribution in [0.1, 0.15) is 37.7 Å². The summed E-state index contributed by atoms with van der Waals surface area (Å²) in [5.41, 5.74) is 7.33. The summed E-state index contributed by atoms with van der Waals surface area (Å²) in [5, 5.41) is 0.781. The SMILES string of the molecule is COc1ccc(Cl)cc1CC1CCCCC(N)C1. The van der Waals surface area contributed by atoms with Gasteiger partial charge < -0.3 is 10.5 Å². The van der Waals surface area contributed by atoms with Crippen molar-refractivity contribution >= 4 is 11.6 Å². The normalized spacial score (nSPS) is 24.6. The van der Waals surface area contributed by atoms with E-state index in [-0.39, 0.29) is 0 Å². The predicted octanol–water partition coefficient (Wildman–Crippen LogP) is 3.80. The number of halogens is 1. The summed E-state index contributed by atoms with van der Waals surface area (Å²) < 4.78 is 5.41. The van der Waals surface area contributed by atoms with Crippen molar-refractivity contribution in [3.05, 3.63) is 28.8 Å². The second kappa shape index (κ2) is 6.44. The Balaban J connectivity index is 2.09. The molecule has 0 aliphatic heterocycles. The molecule has 1 aliphatic rings. The first kappa shape index (κ1) is 13.7. The number of rotatable bonds is 3. The molecule has 2 unspecified atom stereocenters. The van der Waals surface area contributed by atoms with Gasteiger partial charge >= 0.3 is 0 Å². The fourth-order valence-corrected chi connectivity index (χ4v) is 3.10. The zero-order valence-electron chi connectivity index (χ0n) is 11.0. The maximum Gasteiger partial charge on any atom is 0.122 e. The Kier molecular flexibility index (Phi) is 4.90. The molecule has 0 amide bonds. The molecule has 0 aromatic heterocycles. The van der Waals surface area contributed by atoms with Gasteiger partial charge in [0.1, 0.15) is 5.75 Å². The minimum Gasteiger partial charge on any atom is -0.496 e. The van der Waals surface area contributed by atoms with Crippen LogP contribution in [0.2, 0.25) is 5.02 Å². The topological polar surface area (TPSA) is 35.2 Å². The monoisotopic (exact) mass is 267 g/mol.